The molecule has 8 nitrogen and oxygen atoms in total. The molecule has 1 aliphatic carbocycles. The Morgan fingerprint density at radius 2 is 1.75 bits per heavy atom. The van der Waals surface area contributed by atoms with Crippen LogP contribution in [0.1, 0.15) is 48.2 Å². The molecule has 5 rings (SSSR count). The van der Waals surface area contributed by atoms with Crippen LogP contribution in [0.3, 0.4) is 0 Å². The molecular weight excluding hydrogens is 408 g/mol. The Kier molecular flexibility index (Phi) is 5.10. The van der Waals surface area contributed by atoms with Crippen LogP contribution < -0.4 is 14.4 Å². The van der Waals surface area contributed by atoms with E-state index in [1.807, 2.05) is 22.8 Å². The molecule has 3 aliphatic rings. The minimum absolute atomic E-state index is 0.0496. The van der Waals surface area contributed by atoms with Crippen LogP contribution in [0.5, 0.6) is 11.5 Å². The van der Waals surface area contributed by atoms with Gasteiger partial charge in [0, 0.05) is 37.3 Å². The van der Waals surface area contributed by atoms with Crippen molar-refractivity contribution < 1.29 is 19.1 Å². The van der Waals surface area contributed by atoms with Crippen LogP contribution in [-0.4, -0.2) is 60.3 Å². The maximum Gasteiger partial charge on any atom is 0.254 e. The Bertz CT molecular complexity index is 1030. The molecule has 0 atom stereocenters. The van der Waals surface area contributed by atoms with Crippen molar-refractivity contribution in [2.75, 3.05) is 38.8 Å². The van der Waals surface area contributed by atoms with Crippen molar-refractivity contribution in [2.24, 2.45) is 5.92 Å². The number of benzene rings is 1. The SMILES string of the molecule is COc1cc(OC)cc(C(=O)N2CCC3(CC2)CC(=O)N(CC2CC2)c2cc(C)nn23)c1. The van der Waals surface area contributed by atoms with E-state index in [4.69, 9.17) is 14.6 Å². The van der Waals surface area contributed by atoms with Crippen LogP contribution in [-0.2, 0) is 10.3 Å². The summed E-state index contributed by atoms with van der Waals surface area (Å²) in [7, 11) is 3.15. The van der Waals surface area contributed by atoms with Gasteiger partial charge in [0.2, 0.25) is 5.91 Å². The second-order valence-electron chi connectivity index (χ2n) is 9.30. The van der Waals surface area contributed by atoms with Crippen LogP contribution in [0.2, 0.25) is 0 Å². The first-order chi connectivity index (χ1) is 15.4. The third-order valence-corrected chi connectivity index (χ3v) is 7.04. The average molecular weight is 439 g/mol. The van der Waals surface area contributed by atoms with Gasteiger partial charge in [-0.25, -0.2) is 4.68 Å². The van der Waals surface area contributed by atoms with E-state index in [1.54, 1.807) is 32.4 Å². The molecule has 2 fully saturated rings. The number of aryl methyl sites for hydroxylation is 1. The predicted octanol–water partition coefficient (Wildman–Crippen LogP) is 2.99. The van der Waals surface area contributed by atoms with Gasteiger partial charge >= 0.3 is 0 Å². The van der Waals surface area contributed by atoms with E-state index in [9.17, 15) is 9.59 Å². The van der Waals surface area contributed by atoms with Crippen molar-refractivity contribution in [1.82, 2.24) is 14.7 Å². The molecule has 8 heteroatoms. The number of likely N-dealkylation sites (tertiary alicyclic amines) is 1. The molecule has 1 aromatic carbocycles. The van der Waals surface area contributed by atoms with Gasteiger partial charge < -0.3 is 14.4 Å². The number of carbonyl (C=O) groups is 2. The third-order valence-electron chi connectivity index (χ3n) is 7.04. The molecule has 2 amide bonds. The van der Waals surface area contributed by atoms with Gasteiger partial charge in [0.25, 0.3) is 5.91 Å². The van der Waals surface area contributed by atoms with Gasteiger partial charge in [-0.2, -0.15) is 5.10 Å². The summed E-state index contributed by atoms with van der Waals surface area (Å²) in [4.78, 5) is 30.2. The smallest absolute Gasteiger partial charge is 0.254 e. The quantitative estimate of drug-likeness (QED) is 0.717. The maximum absolute atomic E-state index is 13.2. The first-order valence-electron chi connectivity index (χ1n) is 11.3. The van der Waals surface area contributed by atoms with Gasteiger partial charge in [0.1, 0.15) is 17.3 Å². The van der Waals surface area contributed by atoms with Crippen molar-refractivity contribution in [3.8, 4) is 11.5 Å². The molecule has 32 heavy (non-hydrogen) atoms. The van der Waals surface area contributed by atoms with E-state index in [2.05, 4.69) is 4.68 Å². The van der Waals surface area contributed by atoms with E-state index < -0.39 is 0 Å². The number of rotatable bonds is 5. The second kappa shape index (κ2) is 7.83. The number of ether oxygens (including phenoxy) is 2. The first-order valence-corrected chi connectivity index (χ1v) is 11.3. The van der Waals surface area contributed by atoms with Gasteiger partial charge in [-0.15, -0.1) is 0 Å². The number of hydrogen-bond acceptors (Lipinski definition) is 5. The van der Waals surface area contributed by atoms with Crippen molar-refractivity contribution in [2.45, 2.75) is 44.6 Å². The first kappa shape index (κ1) is 20.8. The minimum Gasteiger partial charge on any atom is -0.497 e. The van der Waals surface area contributed by atoms with Crippen LogP contribution in [0.15, 0.2) is 24.3 Å². The fourth-order valence-corrected chi connectivity index (χ4v) is 4.99. The zero-order valence-electron chi connectivity index (χ0n) is 19.0. The number of piperidine rings is 1. The summed E-state index contributed by atoms with van der Waals surface area (Å²) < 4.78 is 12.7. The summed E-state index contributed by atoms with van der Waals surface area (Å²) in [6.07, 6.45) is 4.26. The monoisotopic (exact) mass is 438 g/mol. The number of carbonyl (C=O) groups excluding carboxylic acids is 2. The summed E-state index contributed by atoms with van der Waals surface area (Å²) in [6.45, 7) is 3.93. The lowest BCUT2D eigenvalue weighted by atomic mass is 9.82. The Labute approximate surface area is 188 Å². The zero-order valence-corrected chi connectivity index (χ0v) is 19.0. The molecule has 1 saturated heterocycles. The van der Waals surface area contributed by atoms with E-state index in [1.165, 1.54) is 12.8 Å². The number of aromatic nitrogens is 2. The molecule has 1 aromatic heterocycles. The van der Waals surface area contributed by atoms with Gasteiger partial charge in [-0.1, -0.05) is 0 Å². The van der Waals surface area contributed by atoms with E-state index in [-0.39, 0.29) is 17.4 Å². The van der Waals surface area contributed by atoms with E-state index >= 15 is 0 Å². The molecule has 2 aliphatic heterocycles. The molecule has 0 N–H and O–H groups in total. The highest BCUT2D eigenvalue weighted by Crippen LogP contribution is 2.43. The fourth-order valence-electron chi connectivity index (χ4n) is 4.99. The number of nitrogens with zero attached hydrogens (tertiary/aromatic N) is 4. The summed E-state index contributed by atoms with van der Waals surface area (Å²) in [5, 5.41) is 4.80. The molecule has 0 bridgehead atoms. The van der Waals surface area contributed by atoms with Gasteiger partial charge in [0.05, 0.1) is 31.9 Å². The number of amides is 2. The third kappa shape index (κ3) is 3.61. The number of methoxy groups -OCH3 is 2. The van der Waals surface area contributed by atoms with Gasteiger partial charge in [0.15, 0.2) is 0 Å². The Morgan fingerprint density at radius 3 is 2.34 bits per heavy atom. The molecule has 0 radical (unpaired) electrons. The van der Waals surface area contributed by atoms with Crippen molar-refractivity contribution in [3.05, 3.63) is 35.5 Å². The highest BCUT2D eigenvalue weighted by Gasteiger charge is 2.47. The topological polar surface area (TPSA) is 76.9 Å². The lowest BCUT2D eigenvalue weighted by Gasteiger charge is -2.46. The summed E-state index contributed by atoms with van der Waals surface area (Å²) in [5.74, 6) is 2.85. The van der Waals surface area contributed by atoms with Crippen LogP contribution in [0.25, 0.3) is 0 Å². The van der Waals surface area contributed by atoms with Crippen molar-refractivity contribution in [1.29, 1.82) is 0 Å². The van der Waals surface area contributed by atoms with E-state index in [0.29, 0.717) is 55.3 Å². The highest BCUT2D eigenvalue weighted by molar-refractivity contribution is 5.96. The number of anilines is 1. The summed E-state index contributed by atoms with van der Waals surface area (Å²) in [6, 6.07) is 7.26. The standard InChI is InChI=1S/C24H30N4O4/c1-16-10-21-27(15-17-4-5-17)22(29)14-24(28(21)25-16)6-8-26(9-7-24)23(30)18-11-19(31-2)13-20(12-18)32-3/h10-13,17H,4-9,14-15H2,1-3H3. The van der Waals surface area contributed by atoms with Gasteiger partial charge in [-0.05, 0) is 50.7 Å². The summed E-state index contributed by atoms with van der Waals surface area (Å²) in [5.41, 5.74) is 1.11. The maximum atomic E-state index is 13.2. The normalized spacial score (nSPS) is 19.8. The highest BCUT2D eigenvalue weighted by atomic mass is 16.5. The largest absolute Gasteiger partial charge is 0.497 e. The van der Waals surface area contributed by atoms with Crippen molar-refractivity contribution in [3.63, 3.8) is 0 Å². The Balaban J connectivity index is 1.36. The molecular formula is C24H30N4O4. The summed E-state index contributed by atoms with van der Waals surface area (Å²) >= 11 is 0. The van der Waals surface area contributed by atoms with Crippen LogP contribution >= 0.6 is 0 Å². The van der Waals surface area contributed by atoms with E-state index in [0.717, 1.165) is 18.1 Å². The minimum atomic E-state index is -0.358. The van der Waals surface area contributed by atoms with Crippen LogP contribution in [0.4, 0.5) is 5.82 Å². The lowest BCUT2D eigenvalue weighted by Crippen LogP contribution is -2.55. The molecule has 1 saturated carbocycles. The van der Waals surface area contributed by atoms with Crippen molar-refractivity contribution >= 4 is 17.6 Å². The molecule has 1 spiro atoms. The average Bonchev–Trinajstić information content (AvgIpc) is 3.54. The fraction of sp³-hybridized carbons (Fsp3) is 0.542. The zero-order chi connectivity index (χ0) is 22.5. The lowest BCUT2D eigenvalue weighted by molar-refractivity contribution is -0.122. The Hall–Kier alpha value is -3.03. The molecule has 3 heterocycles. The molecule has 0 unspecified atom stereocenters. The number of fused-ring (bicyclic) bond motifs is 2. The molecule has 2 aromatic rings. The molecule has 170 valence electrons. The second-order valence-corrected chi connectivity index (χ2v) is 9.30. The predicted molar refractivity (Wildman–Crippen MR) is 119 cm³/mol. The van der Waals surface area contributed by atoms with Gasteiger partial charge in [-0.3, -0.25) is 14.5 Å². The van der Waals surface area contributed by atoms with Crippen LogP contribution in [0, 0.1) is 12.8 Å². The Morgan fingerprint density at radius 1 is 1.09 bits per heavy atom. The number of hydrogen-bond donors (Lipinski definition) is 0.